The van der Waals surface area contributed by atoms with Crippen molar-refractivity contribution in [1.82, 2.24) is 25.1 Å². The van der Waals surface area contributed by atoms with Crippen molar-refractivity contribution in [2.45, 2.75) is 32.4 Å². The number of ether oxygens (including phenoxy) is 1. The van der Waals surface area contributed by atoms with Gasteiger partial charge in [-0.25, -0.2) is 9.07 Å². The number of carbonyl (C=O) groups excluding carboxylic acids is 1. The normalized spacial score (nSPS) is 18.2. The van der Waals surface area contributed by atoms with Gasteiger partial charge in [-0.05, 0) is 28.1 Å². The largest absolute Gasteiger partial charge is 0.370 e. The molecule has 24 heavy (non-hydrogen) atoms. The molecule has 128 valence electrons. The van der Waals surface area contributed by atoms with Crippen molar-refractivity contribution < 1.29 is 13.9 Å². The summed E-state index contributed by atoms with van der Waals surface area (Å²) in [4.78, 5) is 14.3. The van der Waals surface area contributed by atoms with Gasteiger partial charge in [-0.15, -0.1) is 5.10 Å². The molecule has 8 heteroatoms. The zero-order chi connectivity index (χ0) is 17.1. The van der Waals surface area contributed by atoms with Crippen molar-refractivity contribution in [2.75, 3.05) is 19.7 Å². The molecule has 0 unspecified atom stereocenters. The van der Waals surface area contributed by atoms with Gasteiger partial charge in [0.15, 0.2) is 5.82 Å². The maximum atomic E-state index is 13.0. The van der Waals surface area contributed by atoms with Crippen LogP contribution in [0.2, 0.25) is 0 Å². The topological polar surface area (TPSA) is 73.1 Å². The molecule has 2 heterocycles. The summed E-state index contributed by atoms with van der Waals surface area (Å²) in [6.45, 7) is 5.47. The van der Waals surface area contributed by atoms with Crippen molar-refractivity contribution in [3.63, 3.8) is 0 Å². The van der Waals surface area contributed by atoms with Crippen molar-refractivity contribution in [3.05, 3.63) is 41.5 Å². The smallest absolute Gasteiger partial charge is 0.244 e. The van der Waals surface area contributed by atoms with Crippen LogP contribution in [0, 0.1) is 5.82 Å². The van der Waals surface area contributed by atoms with Crippen molar-refractivity contribution in [2.24, 2.45) is 0 Å². The number of morpholine rings is 1. The van der Waals surface area contributed by atoms with E-state index in [1.165, 1.54) is 16.8 Å². The van der Waals surface area contributed by atoms with E-state index in [1.807, 2.05) is 13.8 Å². The molecule has 1 aliphatic heterocycles. The van der Waals surface area contributed by atoms with E-state index in [1.54, 1.807) is 17.0 Å². The Morgan fingerprint density at radius 3 is 2.83 bits per heavy atom. The number of halogens is 1. The molecular weight excluding hydrogens is 313 g/mol. The van der Waals surface area contributed by atoms with E-state index in [4.69, 9.17) is 4.74 Å². The molecule has 0 radical (unpaired) electrons. The van der Waals surface area contributed by atoms with Crippen LogP contribution < -0.4 is 0 Å². The van der Waals surface area contributed by atoms with Gasteiger partial charge >= 0.3 is 0 Å². The van der Waals surface area contributed by atoms with Crippen LogP contribution in [0.15, 0.2) is 24.3 Å². The van der Waals surface area contributed by atoms with Gasteiger partial charge in [0.25, 0.3) is 0 Å². The average molecular weight is 333 g/mol. The lowest BCUT2D eigenvalue weighted by atomic mass is 10.1. The Morgan fingerprint density at radius 1 is 1.38 bits per heavy atom. The summed E-state index contributed by atoms with van der Waals surface area (Å²) in [5.41, 5.74) is 0.860. The van der Waals surface area contributed by atoms with Gasteiger partial charge in [-0.3, -0.25) is 4.79 Å². The second-order valence-electron chi connectivity index (χ2n) is 6.10. The van der Waals surface area contributed by atoms with Gasteiger partial charge in [0, 0.05) is 12.5 Å². The van der Waals surface area contributed by atoms with Crippen LogP contribution in [-0.4, -0.2) is 50.7 Å². The third kappa shape index (κ3) is 3.59. The Labute approximate surface area is 139 Å². The molecule has 3 rings (SSSR count). The number of hydrogen-bond donors (Lipinski definition) is 0. The third-order valence-electron chi connectivity index (χ3n) is 4.02. The Bertz CT molecular complexity index is 701. The predicted molar refractivity (Wildman–Crippen MR) is 83.6 cm³/mol. The van der Waals surface area contributed by atoms with E-state index in [0.29, 0.717) is 25.5 Å². The van der Waals surface area contributed by atoms with Gasteiger partial charge < -0.3 is 9.64 Å². The first-order valence-electron chi connectivity index (χ1n) is 7.95. The molecule has 0 aliphatic carbocycles. The van der Waals surface area contributed by atoms with Gasteiger partial charge in [0.1, 0.15) is 18.5 Å². The van der Waals surface area contributed by atoms with E-state index in [0.717, 1.165) is 5.56 Å². The number of benzene rings is 1. The average Bonchev–Trinajstić information content (AvgIpc) is 3.04. The Balaban J connectivity index is 1.66. The predicted octanol–water partition coefficient (Wildman–Crippen LogP) is 1.54. The molecule has 0 N–H and O–H groups in total. The highest BCUT2D eigenvalue weighted by Gasteiger charge is 2.26. The molecule has 7 nitrogen and oxygen atoms in total. The number of nitrogens with zero attached hydrogens (tertiary/aromatic N) is 5. The summed E-state index contributed by atoms with van der Waals surface area (Å²) >= 11 is 0. The highest BCUT2D eigenvalue weighted by Crippen LogP contribution is 2.22. The number of carbonyl (C=O) groups is 1. The molecule has 1 aromatic carbocycles. The van der Waals surface area contributed by atoms with Crippen LogP contribution in [0.4, 0.5) is 4.39 Å². The van der Waals surface area contributed by atoms with Crippen LogP contribution in [0.1, 0.15) is 37.3 Å². The Kier molecular flexibility index (Phi) is 4.84. The zero-order valence-electron chi connectivity index (χ0n) is 13.7. The van der Waals surface area contributed by atoms with Crippen LogP contribution in [0.3, 0.4) is 0 Å². The Morgan fingerprint density at radius 2 is 2.12 bits per heavy atom. The molecule has 1 aromatic heterocycles. The fourth-order valence-corrected chi connectivity index (χ4v) is 2.72. The minimum atomic E-state index is -0.289. The lowest BCUT2D eigenvalue weighted by Gasteiger charge is -2.33. The fraction of sp³-hybridized carbons (Fsp3) is 0.500. The number of aromatic nitrogens is 4. The SMILES string of the molecule is CC(C)c1nnnn1CC(=O)N1CCO[C@H](c2ccc(F)cc2)C1. The van der Waals surface area contributed by atoms with E-state index in [2.05, 4.69) is 15.5 Å². The molecule has 0 saturated carbocycles. The molecule has 1 amide bonds. The van der Waals surface area contributed by atoms with E-state index in [9.17, 15) is 9.18 Å². The quantitative estimate of drug-likeness (QED) is 0.848. The highest BCUT2D eigenvalue weighted by atomic mass is 19.1. The van der Waals surface area contributed by atoms with Crippen LogP contribution in [-0.2, 0) is 16.1 Å². The summed E-state index contributed by atoms with van der Waals surface area (Å²) in [7, 11) is 0. The molecule has 0 bridgehead atoms. The molecule has 2 aromatic rings. The summed E-state index contributed by atoms with van der Waals surface area (Å²) in [5.74, 6) is 0.484. The number of amides is 1. The minimum absolute atomic E-state index is 0.0559. The van der Waals surface area contributed by atoms with Crippen LogP contribution >= 0.6 is 0 Å². The number of rotatable bonds is 4. The van der Waals surface area contributed by atoms with Crippen molar-refractivity contribution >= 4 is 5.91 Å². The monoisotopic (exact) mass is 333 g/mol. The van der Waals surface area contributed by atoms with Gasteiger partial charge in [-0.2, -0.15) is 0 Å². The number of tetrazole rings is 1. The van der Waals surface area contributed by atoms with Gasteiger partial charge in [0.05, 0.1) is 13.2 Å². The molecule has 1 atom stereocenters. The second kappa shape index (κ2) is 7.04. The van der Waals surface area contributed by atoms with E-state index < -0.39 is 0 Å². The fourth-order valence-electron chi connectivity index (χ4n) is 2.72. The number of hydrogen-bond acceptors (Lipinski definition) is 5. The van der Waals surface area contributed by atoms with Gasteiger partial charge in [-0.1, -0.05) is 26.0 Å². The molecule has 1 aliphatic rings. The van der Waals surface area contributed by atoms with Gasteiger partial charge in [0.2, 0.25) is 5.91 Å². The molecular formula is C16H20FN5O2. The van der Waals surface area contributed by atoms with Crippen molar-refractivity contribution in [3.8, 4) is 0 Å². The first kappa shape index (κ1) is 16.5. The lowest BCUT2D eigenvalue weighted by Crippen LogP contribution is -2.44. The highest BCUT2D eigenvalue weighted by molar-refractivity contribution is 5.76. The van der Waals surface area contributed by atoms with E-state index >= 15 is 0 Å². The zero-order valence-corrected chi connectivity index (χ0v) is 13.7. The van der Waals surface area contributed by atoms with Crippen molar-refractivity contribution in [1.29, 1.82) is 0 Å². The maximum Gasteiger partial charge on any atom is 0.244 e. The summed E-state index contributed by atoms with van der Waals surface area (Å²) in [6, 6.07) is 6.17. The maximum absolute atomic E-state index is 13.0. The Hall–Kier alpha value is -2.35. The first-order chi connectivity index (χ1) is 11.5. The molecule has 1 saturated heterocycles. The minimum Gasteiger partial charge on any atom is -0.370 e. The second-order valence-corrected chi connectivity index (χ2v) is 6.10. The van der Waals surface area contributed by atoms with Crippen LogP contribution in [0.25, 0.3) is 0 Å². The lowest BCUT2D eigenvalue weighted by molar-refractivity contribution is -0.140. The standard InChI is InChI=1S/C16H20FN5O2/c1-11(2)16-18-19-20-22(16)10-15(23)21-7-8-24-14(9-21)12-3-5-13(17)6-4-12/h3-6,11,14H,7-10H2,1-2H3/t14-/m0/s1. The van der Waals surface area contributed by atoms with Crippen LogP contribution in [0.5, 0.6) is 0 Å². The molecule has 0 spiro atoms. The molecule has 1 fully saturated rings. The third-order valence-corrected chi connectivity index (χ3v) is 4.02. The summed E-state index contributed by atoms with van der Waals surface area (Å²) in [6.07, 6.45) is -0.248. The summed E-state index contributed by atoms with van der Waals surface area (Å²) in [5, 5.41) is 11.5. The summed E-state index contributed by atoms with van der Waals surface area (Å²) < 4.78 is 20.3. The van der Waals surface area contributed by atoms with E-state index in [-0.39, 0.29) is 30.3 Å². The first-order valence-corrected chi connectivity index (χ1v) is 7.95.